The molecule has 4 rings (SSSR count). The maximum atomic E-state index is 5.69. The van der Waals surface area contributed by atoms with Crippen LogP contribution in [-0.4, -0.2) is 17.6 Å². The lowest BCUT2D eigenvalue weighted by Gasteiger charge is -2.22. The van der Waals surface area contributed by atoms with E-state index >= 15 is 0 Å². The smallest absolute Gasteiger partial charge is 0.0755 e. The van der Waals surface area contributed by atoms with Crippen LogP contribution in [0.5, 0.6) is 0 Å². The molecule has 3 heteroatoms. The highest BCUT2D eigenvalue weighted by Crippen LogP contribution is 2.35. The van der Waals surface area contributed by atoms with Gasteiger partial charge in [-0.2, -0.15) is 0 Å². The van der Waals surface area contributed by atoms with Crippen molar-refractivity contribution in [2.24, 2.45) is 0 Å². The minimum atomic E-state index is 0.649. The summed E-state index contributed by atoms with van der Waals surface area (Å²) in [5.74, 6) is 0. The zero-order chi connectivity index (χ0) is 14.2. The Balaban J connectivity index is 1.89. The lowest BCUT2D eigenvalue weighted by atomic mass is 10.00. The summed E-state index contributed by atoms with van der Waals surface area (Å²) in [5.41, 5.74) is 6.32. The van der Waals surface area contributed by atoms with E-state index < -0.39 is 0 Å². The van der Waals surface area contributed by atoms with Gasteiger partial charge < -0.3 is 10.1 Å². The first-order valence-electron chi connectivity index (χ1n) is 8.14. The Morgan fingerprint density at radius 3 is 3.05 bits per heavy atom. The van der Waals surface area contributed by atoms with E-state index in [1.807, 2.05) is 0 Å². The molecule has 1 fully saturated rings. The second-order valence-corrected chi connectivity index (χ2v) is 6.23. The molecule has 3 nitrogen and oxygen atoms in total. The molecular formula is C18H22N2O. The fourth-order valence-electron chi connectivity index (χ4n) is 3.15. The Morgan fingerprint density at radius 2 is 2.24 bits per heavy atom. The lowest BCUT2D eigenvalue weighted by Crippen LogP contribution is -2.16. The summed E-state index contributed by atoms with van der Waals surface area (Å²) < 4.78 is 5.69. The Bertz CT molecular complexity index is 676. The molecule has 2 heterocycles. The van der Waals surface area contributed by atoms with Crippen LogP contribution >= 0.6 is 0 Å². The molecule has 1 N–H and O–H groups in total. The normalized spacial score (nSPS) is 17.8. The van der Waals surface area contributed by atoms with Crippen molar-refractivity contribution in [3.63, 3.8) is 0 Å². The van der Waals surface area contributed by atoms with Crippen molar-refractivity contribution in [1.29, 1.82) is 0 Å². The van der Waals surface area contributed by atoms with Crippen molar-refractivity contribution in [1.82, 2.24) is 4.98 Å². The Labute approximate surface area is 125 Å². The van der Waals surface area contributed by atoms with Gasteiger partial charge in [0, 0.05) is 23.4 Å². The third-order valence-electron chi connectivity index (χ3n) is 4.43. The standard InChI is InChI=1S/C18H22N2O/c1-2-3-12-4-7-16-14(10-12)18(19-13-5-6-13)15-11-21-9-8-17(15)20-16/h4,7,10,13H,2-3,5-6,8-9,11H2,1H3,(H,19,20). The van der Waals surface area contributed by atoms with E-state index in [0.29, 0.717) is 12.6 Å². The third kappa shape index (κ3) is 2.51. The summed E-state index contributed by atoms with van der Waals surface area (Å²) in [6.07, 6.45) is 5.81. The number of ether oxygens (including phenoxy) is 1. The highest BCUT2D eigenvalue weighted by atomic mass is 16.5. The number of rotatable bonds is 4. The number of anilines is 1. The Hall–Kier alpha value is -1.61. The molecule has 1 saturated carbocycles. The van der Waals surface area contributed by atoms with E-state index in [4.69, 9.17) is 9.72 Å². The van der Waals surface area contributed by atoms with Gasteiger partial charge in [0.1, 0.15) is 0 Å². The summed E-state index contributed by atoms with van der Waals surface area (Å²) in [6.45, 7) is 3.72. The monoisotopic (exact) mass is 282 g/mol. The van der Waals surface area contributed by atoms with Gasteiger partial charge in [-0.05, 0) is 37.0 Å². The highest BCUT2D eigenvalue weighted by molar-refractivity contribution is 5.94. The molecule has 0 saturated heterocycles. The highest BCUT2D eigenvalue weighted by Gasteiger charge is 2.25. The van der Waals surface area contributed by atoms with Gasteiger partial charge in [0.25, 0.3) is 0 Å². The maximum Gasteiger partial charge on any atom is 0.0755 e. The van der Waals surface area contributed by atoms with Crippen LogP contribution in [0.2, 0.25) is 0 Å². The van der Waals surface area contributed by atoms with Crippen LogP contribution in [0, 0.1) is 0 Å². The lowest BCUT2D eigenvalue weighted by molar-refractivity contribution is 0.110. The zero-order valence-electron chi connectivity index (χ0n) is 12.6. The van der Waals surface area contributed by atoms with Crippen LogP contribution in [0.15, 0.2) is 18.2 Å². The van der Waals surface area contributed by atoms with Crippen LogP contribution in [-0.2, 0) is 24.2 Å². The van der Waals surface area contributed by atoms with Crippen molar-refractivity contribution in [3.8, 4) is 0 Å². The molecular weight excluding hydrogens is 260 g/mol. The summed E-state index contributed by atoms with van der Waals surface area (Å²) in [4.78, 5) is 4.89. The van der Waals surface area contributed by atoms with E-state index in [-0.39, 0.29) is 0 Å². The molecule has 2 aromatic rings. The van der Waals surface area contributed by atoms with Crippen LogP contribution in [0.3, 0.4) is 0 Å². The largest absolute Gasteiger partial charge is 0.381 e. The molecule has 0 amide bonds. The molecule has 1 aliphatic heterocycles. The third-order valence-corrected chi connectivity index (χ3v) is 4.43. The predicted octanol–water partition coefficient (Wildman–Crippen LogP) is 3.83. The second kappa shape index (κ2) is 5.30. The topological polar surface area (TPSA) is 34.2 Å². The van der Waals surface area contributed by atoms with Gasteiger partial charge in [0.15, 0.2) is 0 Å². The van der Waals surface area contributed by atoms with E-state index in [1.54, 1.807) is 0 Å². The fraction of sp³-hybridized carbons (Fsp3) is 0.500. The summed E-state index contributed by atoms with van der Waals surface area (Å²) in [7, 11) is 0. The van der Waals surface area contributed by atoms with Gasteiger partial charge in [-0.3, -0.25) is 4.98 Å². The summed E-state index contributed by atoms with van der Waals surface area (Å²) >= 11 is 0. The number of aryl methyl sites for hydroxylation is 1. The molecule has 0 spiro atoms. The van der Waals surface area contributed by atoms with Gasteiger partial charge in [0.2, 0.25) is 0 Å². The van der Waals surface area contributed by atoms with E-state index in [9.17, 15) is 0 Å². The number of benzene rings is 1. The maximum absolute atomic E-state index is 5.69. The number of fused-ring (bicyclic) bond motifs is 2. The molecule has 0 radical (unpaired) electrons. The molecule has 0 bridgehead atoms. The summed E-state index contributed by atoms with van der Waals surface area (Å²) in [6, 6.07) is 7.39. The molecule has 110 valence electrons. The predicted molar refractivity (Wildman–Crippen MR) is 85.7 cm³/mol. The number of hydrogen-bond donors (Lipinski definition) is 1. The number of hydrogen-bond acceptors (Lipinski definition) is 3. The van der Waals surface area contributed by atoms with Crippen LogP contribution in [0.4, 0.5) is 5.69 Å². The Kier molecular flexibility index (Phi) is 3.30. The molecule has 21 heavy (non-hydrogen) atoms. The first-order valence-corrected chi connectivity index (χ1v) is 8.14. The zero-order valence-corrected chi connectivity index (χ0v) is 12.6. The molecule has 1 aliphatic carbocycles. The first-order chi connectivity index (χ1) is 10.3. The van der Waals surface area contributed by atoms with Crippen molar-refractivity contribution in [3.05, 3.63) is 35.0 Å². The Morgan fingerprint density at radius 1 is 1.33 bits per heavy atom. The number of nitrogens with zero attached hydrogens (tertiary/aromatic N) is 1. The molecule has 0 atom stereocenters. The first kappa shape index (κ1) is 13.1. The van der Waals surface area contributed by atoms with Crippen molar-refractivity contribution in [2.45, 2.75) is 51.7 Å². The molecule has 2 aliphatic rings. The molecule has 1 aromatic heterocycles. The van der Waals surface area contributed by atoms with Crippen LogP contribution in [0.1, 0.15) is 43.0 Å². The average molecular weight is 282 g/mol. The van der Waals surface area contributed by atoms with Gasteiger partial charge in [-0.25, -0.2) is 0 Å². The van der Waals surface area contributed by atoms with Gasteiger partial charge >= 0.3 is 0 Å². The number of nitrogens with one attached hydrogen (secondary N) is 1. The average Bonchev–Trinajstić information content (AvgIpc) is 3.32. The number of pyridine rings is 1. The van der Waals surface area contributed by atoms with Crippen molar-refractivity contribution >= 4 is 16.6 Å². The molecule has 1 aromatic carbocycles. The van der Waals surface area contributed by atoms with Crippen LogP contribution in [0.25, 0.3) is 10.9 Å². The fourth-order valence-corrected chi connectivity index (χ4v) is 3.15. The van der Waals surface area contributed by atoms with Gasteiger partial charge in [-0.1, -0.05) is 19.4 Å². The van der Waals surface area contributed by atoms with Crippen LogP contribution < -0.4 is 5.32 Å². The van der Waals surface area contributed by atoms with Crippen molar-refractivity contribution < 1.29 is 4.74 Å². The van der Waals surface area contributed by atoms with Gasteiger partial charge in [0.05, 0.1) is 30.1 Å². The SMILES string of the molecule is CCCc1ccc2nc3c(c(NC4CC4)c2c1)COCC3. The minimum Gasteiger partial charge on any atom is -0.381 e. The minimum absolute atomic E-state index is 0.649. The van der Waals surface area contributed by atoms with E-state index in [1.165, 1.54) is 47.2 Å². The van der Waals surface area contributed by atoms with Crippen molar-refractivity contribution in [2.75, 3.05) is 11.9 Å². The number of aromatic nitrogens is 1. The quantitative estimate of drug-likeness (QED) is 0.925. The van der Waals surface area contributed by atoms with E-state index in [0.717, 1.165) is 25.0 Å². The summed E-state index contributed by atoms with van der Waals surface area (Å²) in [5, 5.41) is 5.01. The molecule has 0 unspecified atom stereocenters. The second-order valence-electron chi connectivity index (χ2n) is 6.23. The van der Waals surface area contributed by atoms with E-state index in [2.05, 4.69) is 30.4 Å². The van der Waals surface area contributed by atoms with Gasteiger partial charge in [-0.15, -0.1) is 0 Å².